The molecule has 10 atom stereocenters. The van der Waals surface area contributed by atoms with Crippen LogP contribution in [0.2, 0.25) is 0 Å². The van der Waals surface area contributed by atoms with Crippen LogP contribution in [0.15, 0.2) is 24.3 Å². The van der Waals surface area contributed by atoms with Crippen molar-refractivity contribution in [1.82, 2.24) is 42.5 Å². The van der Waals surface area contributed by atoms with Crippen LogP contribution in [0.25, 0.3) is 0 Å². The van der Waals surface area contributed by atoms with Crippen molar-refractivity contribution in [3.8, 4) is 5.75 Å². The van der Waals surface area contributed by atoms with Crippen molar-refractivity contribution in [3.05, 3.63) is 29.8 Å². The quantitative estimate of drug-likeness (QED) is 0.0498. The maximum Gasteiger partial charge on any atom is 0.303 e. The van der Waals surface area contributed by atoms with E-state index < -0.39 is 165 Å². The van der Waals surface area contributed by atoms with E-state index >= 15 is 0 Å². The summed E-state index contributed by atoms with van der Waals surface area (Å²) in [5.74, 6) is -12.6. The molecule has 17 N–H and O–H groups in total. The summed E-state index contributed by atoms with van der Waals surface area (Å²) in [7, 11) is 0. The zero-order chi connectivity index (χ0) is 54.8. The molecule has 1 heterocycles. The number of hydrogen-bond acceptors (Lipinski definition) is 15. The van der Waals surface area contributed by atoms with E-state index in [1.54, 1.807) is 0 Å². The third kappa shape index (κ3) is 23.4. The van der Waals surface area contributed by atoms with Gasteiger partial charge in [-0.2, -0.15) is 0 Å². The molecule has 73 heavy (non-hydrogen) atoms. The van der Waals surface area contributed by atoms with E-state index in [-0.39, 0.29) is 18.6 Å². The molecule has 0 aliphatic carbocycles. The number of carbonyl (C=O) groups is 11. The number of nitrogens with two attached hydrogens (primary N) is 2. The molecule has 2 rings (SSSR count). The summed E-state index contributed by atoms with van der Waals surface area (Å²) in [6.45, 7) is 3.13. The van der Waals surface area contributed by atoms with Gasteiger partial charge >= 0.3 is 5.97 Å². The van der Waals surface area contributed by atoms with Gasteiger partial charge in [0.2, 0.25) is 59.1 Å². The SMILES string of the molecule is CCC(C)CCCCCCCC[C@@H]1CC(=O)N[C@@H](CC(N)=O)C(=O)N[C@H](Cc2ccc(O)cc2)C(=O)N[C@H](CC(N)=O)C(=O)N[C@@H](CO)C(=O)N[C@@H](CCC(=O)O)C(=O)N[C@H](CO)C(=O)N[C@@H]([C@@H](C)O)C(=O)N1. The third-order valence-corrected chi connectivity index (χ3v) is 12.1. The van der Waals surface area contributed by atoms with Gasteiger partial charge in [0, 0.05) is 25.3 Å². The van der Waals surface area contributed by atoms with E-state index in [9.17, 15) is 78.3 Å². The summed E-state index contributed by atoms with van der Waals surface area (Å²) in [5.41, 5.74) is 11.2. The van der Waals surface area contributed by atoms with Crippen LogP contribution in [-0.2, 0) is 59.2 Å². The van der Waals surface area contributed by atoms with Crippen LogP contribution in [-0.4, -0.2) is 158 Å². The Kier molecular flexibility index (Phi) is 27.4. The summed E-state index contributed by atoms with van der Waals surface area (Å²) in [4.78, 5) is 146. The van der Waals surface area contributed by atoms with Crippen molar-refractivity contribution in [2.75, 3.05) is 13.2 Å². The number of aliphatic hydroxyl groups excluding tert-OH is 3. The van der Waals surface area contributed by atoms with Crippen molar-refractivity contribution < 1.29 is 78.3 Å². The van der Waals surface area contributed by atoms with E-state index in [2.05, 4.69) is 56.4 Å². The minimum absolute atomic E-state index is 0.157. The highest BCUT2D eigenvalue weighted by Crippen LogP contribution is 2.17. The van der Waals surface area contributed by atoms with Crippen LogP contribution in [0.3, 0.4) is 0 Å². The van der Waals surface area contributed by atoms with Crippen molar-refractivity contribution in [2.24, 2.45) is 17.4 Å². The highest BCUT2D eigenvalue weighted by molar-refractivity contribution is 5.99. The topological polar surface area (TPSA) is 437 Å². The first kappa shape index (κ1) is 62.2. The molecule has 1 fully saturated rings. The van der Waals surface area contributed by atoms with Crippen LogP contribution in [0.1, 0.15) is 116 Å². The molecule has 1 aliphatic heterocycles. The van der Waals surface area contributed by atoms with Crippen LogP contribution >= 0.6 is 0 Å². The number of benzene rings is 1. The molecule has 1 aromatic carbocycles. The van der Waals surface area contributed by atoms with Crippen molar-refractivity contribution in [1.29, 1.82) is 0 Å². The number of amides is 10. The van der Waals surface area contributed by atoms with Crippen molar-refractivity contribution >= 4 is 65.0 Å². The Balaban J connectivity index is 2.70. The Morgan fingerprint density at radius 2 is 1.04 bits per heavy atom. The van der Waals surface area contributed by atoms with E-state index in [4.69, 9.17) is 11.5 Å². The summed E-state index contributed by atoms with van der Waals surface area (Å²) >= 11 is 0. The summed E-state index contributed by atoms with van der Waals surface area (Å²) in [6.07, 6.45) is 1.58. The number of aliphatic hydroxyl groups is 3. The third-order valence-electron chi connectivity index (χ3n) is 12.1. The standard InChI is InChI=1S/C47H74N10O16/c1-4-25(2)11-9-7-5-6-8-10-12-28-20-38(64)51-32(21-36(48)62)43(69)53-31(19-27-13-15-29(61)16-14-27)42(68)54-33(22-37(49)63)44(70)56-34(23-58)45(71)52-30(17-18-39(65)66)41(67)55-35(24-59)46(72)57-40(26(3)60)47(73)50-28/h13-16,25-26,28,30-35,40,58-61H,4-12,17-24H2,1-3H3,(H2,48,62)(H2,49,63)(H,50,73)(H,51,64)(H,52,71)(H,53,69)(H,54,68)(H,55,67)(H,56,70)(H,57,72)(H,65,66)/t25?,26-,28-,30+,31-,32+,33-,34+,35-,40+/m1/s1. The first-order chi connectivity index (χ1) is 34.5. The summed E-state index contributed by atoms with van der Waals surface area (Å²) in [5, 5.41) is 68.6. The number of carboxylic acid groups (broad SMARTS) is 1. The predicted octanol–water partition coefficient (Wildman–Crippen LogP) is -3.64. The number of hydrogen-bond donors (Lipinski definition) is 15. The van der Waals surface area contributed by atoms with Crippen LogP contribution in [0.5, 0.6) is 5.75 Å². The molecular weight excluding hydrogens is 961 g/mol. The van der Waals surface area contributed by atoms with Gasteiger partial charge in [-0.25, -0.2) is 0 Å². The molecule has 1 aliphatic rings. The zero-order valence-electron chi connectivity index (χ0n) is 41.5. The number of aliphatic carboxylic acids is 1. The van der Waals surface area contributed by atoms with Crippen LogP contribution in [0.4, 0.5) is 0 Å². The van der Waals surface area contributed by atoms with Crippen molar-refractivity contribution in [2.45, 2.75) is 172 Å². The smallest absolute Gasteiger partial charge is 0.303 e. The predicted molar refractivity (Wildman–Crippen MR) is 259 cm³/mol. The number of nitrogens with one attached hydrogen (secondary N) is 8. The van der Waals surface area contributed by atoms with Gasteiger partial charge in [0.15, 0.2) is 0 Å². The number of carboxylic acids is 1. The van der Waals surface area contributed by atoms with Gasteiger partial charge in [-0.15, -0.1) is 0 Å². The number of phenolic OH excluding ortho intramolecular Hbond substituents is 1. The molecule has 10 amide bonds. The second-order valence-electron chi connectivity index (χ2n) is 18.3. The number of carbonyl (C=O) groups excluding carboxylic acids is 10. The Morgan fingerprint density at radius 3 is 1.56 bits per heavy atom. The molecule has 0 spiro atoms. The van der Waals surface area contributed by atoms with E-state index in [1.165, 1.54) is 24.3 Å². The Hall–Kier alpha value is -6.93. The molecule has 26 nitrogen and oxygen atoms in total. The maximum atomic E-state index is 14.1. The molecule has 1 saturated heterocycles. The normalized spacial score (nSPS) is 24.3. The zero-order valence-corrected chi connectivity index (χ0v) is 41.5. The summed E-state index contributed by atoms with van der Waals surface area (Å²) < 4.78 is 0. The van der Waals surface area contributed by atoms with Gasteiger partial charge in [0.05, 0.1) is 32.2 Å². The Labute approximate surface area is 422 Å². The monoisotopic (exact) mass is 1030 g/mol. The second kappa shape index (κ2) is 32.2. The average molecular weight is 1040 g/mol. The highest BCUT2D eigenvalue weighted by Gasteiger charge is 2.36. The first-order valence-electron chi connectivity index (χ1n) is 24.4. The Bertz CT molecular complexity index is 2060. The lowest BCUT2D eigenvalue weighted by molar-refractivity contribution is -0.139. The van der Waals surface area contributed by atoms with E-state index in [0.717, 1.165) is 45.4 Å². The molecule has 408 valence electrons. The van der Waals surface area contributed by atoms with Gasteiger partial charge in [0.1, 0.15) is 48.0 Å². The molecule has 1 aromatic rings. The van der Waals surface area contributed by atoms with Gasteiger partial charge in [0.25, 0.3) is 0 Å². The molecular formula is C47H74N10O16. The molecule has 0 bridgehead atoms. The number of phenols is 1. The Morgan fingerprint density at radius 1 is 0.589 bits per heavy atom. The molecule has 0 radical (unpaired) electrons. The van der Waals surface area contributed by atoms with Gasteiger partial charge in [-0.05, 0) is 43.4 Å². The second-order valence-corrected chi connectivity index (χ2v) is 18.3. The lowest BCUT2D eigenvalue weighted by Crippen LogP contribution is -2.62. The molecule has 0 aromatic heterocycles. The first-order valence-corrected chi connectivity index (χ1v) is 24.4. The number of unbranched alkanes of at least 4 members (excludes halogenated alkanes) is 5. The lowest BCUT2D eigenvalue weighted by Gasteiger charge is -2.28. The lowest BCUT2D eigenvalue weighted by atomic mass is 9.99. The fourth-order valence-corrected chi connectivity index (χ4v) is 7.63. The fraction of sp³-hybridized carbons (Fsp3) is 0.638. The number of aromatic hydroxyl groups is 1. The van der Waals surface area contributed by atoms with Gasteiger partial charge in [-0.1, -0.05) is 77.3 Å². The summed E-state index contributed by atoms with van der Waals surface area (Å²) in [6, 6.07) is -8.62. The van der Waals surface area contributed by atoms with Crippen LogP contribution in [0, 0.1) is 5.92 Å². The molecule has 26 heteroatoms. The molecule has 1 unspecified atom stereocenters. The fourth-order valence-electron chi connectivity index (χ4n) is 7.63. The average Bonchev–Trinajstić information content (AvgIpc) is 3.32. The maximum absolute atomic E-state index is 14.1. The molecule has 0 saturated carbocycles. The van der Waals surface area contributed by atoms with Crippen LogP contribution < -0.4 is 54.0 Å². The van der Waals surface area contributed by atoms with E-state index in [0.29, 0.717) is 24.3 Å². The highest BCUT2D eigenvalue weighted by atomic mass is 16.4. The van der Waals surface area contributed by atoms with Gasteiger partial charge in [-0.3, -0.25) is 52.7 Å². The minimum atomic E-state index is -1.98. The number of primary amides is 2. The largest absolute Gasteiger partial charge is 0.508 e. The van der Waals surface area contributed by atoms with E-state index in [1.807, 2.05) is 0 Å². The van der Waals surface area contributed by atoms with Gasteiger partial charge < -0.3 is 79.5 Å². The minimum Gasteiger partial charge on any atom is -0.508 e. The van der Waals surface area contributed by atoms with Crippen molar-refractivity contribution in [3.63, 3.8) is 0 Å². The number of rotatable bonds is 22.